The number of aliphatic hydroxyl groups excluding tert-OH is 1. The number of ketones is 1. The largest absolute Gasteiger partial charge is 0.395 e. The van der Waals surface area contributed by atoms with Crippen LogP contribution in [0.2, 0.25) is 0 Å². The Kier molecular flexibility index (Phi) is 5.85. The summed E-state index contributed by atoms with van der Waals surface area (Å²) < 4.78 is 0. The number of aliphatic hydroxyl groups is 1. The summed E-state index contributed by atoms with van der Waals surface area (Å²) >= 11 is 0. The molecule has 0 bridgehead atoms. The number of β-amino-alcohol motifs (C(OH)–C–C–N with tert-alkyl or cyclic N) is 1. The SMILES string of the molecule is CC(=O)c1cccc(NC(=O)c2cccc(NC3=CC(=O)N(CCO)C3=O)c2)c1. The lowest BCUT2D eigenvalue weighted by molar-refractivity contribution is -0.137. The Labute approximate surface area is 166 Å². The molecule has 0 saturated heterocycles. The number of nitrogens with one attached hydrogen (secondary N) is 2. The maximum Gasteiger partial charge on any atom is 0.277 e. The third-order valence-corrected chi connectivity index (χ3v) is 4.26. The maximum atomic E-state index is 12.5. The molecule has 0 unspecified atom stereocenters. The number of hydrogen-bond donors (Lipinski definition) is 3. The molecule has 2 aromatic rings. The average Bonchev–Trinajstić information content (AvgIpc) is 2.96. The molecule has 0 fully saturated rings. The molecule has 0 aliphatic carbocycles. The van der Waals surface area contributed by atoms with Gasteiger partial charge in [0, 0.05) is 28.6 Å². The van der Waals surface area contributed by atoms with Crippen LogP contribution in [0.1, 0.15) is 27.6 Å². The molecule has 148 valence electrons. The molecule has 2 aromatic carbocycles. The number of rotatable bonds is 7. The first-order valence-corrected chi connectivity index (χ1v) is 8.87. The van der Waals surface area contributed by atoms with E-state index >= 15 is 0 Å². The molecule has 0 atom stereocenters. The van der Waals surface area contributed by atoms with E-state index in [1.807, 2.05) is 0 Å². The van der Waals surface area contributed by atoms with E-state index in [2.05, 4.69) is 10.6 Å². The highest BCUT2D eigenvalue weighted by atomic mass is 16.3. The monoisotopic (exact) mass is 393 g/mol. The highest BCUT2D eigenvalue weighted by Crippen LogP contribution is 2.19. The fourth-order valence-electron chi connectivity index (χ4n) is 2.82. The molecule has 3 N–H and O–H groups in total. The van der Waals surface area contributed by atoms with Crippen LogP contribution in [0.5, 0.6) is 0 Å². The van der Waals surface area contributed by atoms with E-state index in [0.717, 1.165) is 11.0 Å². The molecular formula is C21H19N3O5. The first-order chi connectivity index (χ1) is 13.9. The van der Waals surface area contributed by atoms with Gasteiger partial charge in [-0.2, -0.15) is 0 Å². The number of anilines is 2. The van der Waals surface area contributed by atoms with Gasteiger partial charge in [-0.15, -0.1) is 0 Å². The highest BCUT2D eigenvalue weighted by Gasteiger charge is 2.30. The molecule has 0 radical (unpaired) electrons. The highest BCUT2D eigenvalue weighted by molar-refractivity contribution is 6.17. The molecule has 8 nitrogen and oxygen atoms in total. The van der Waals surface area contributed by atoms with Gasteiger partial charge >= 0.3 is 0 Å². The zero-order valence-corrected chi connectivity index (χ0v) is 15.6. The number of Topliss-reactive ketones (excluding diaryl/α,β-unsaturated/α-hetero) is 1. The van der Waals surface area contributed by atoms with Gasteiger partial charge in [0.05, 0.1) is 13.2 Å². The summed E-state index contributed by atoms with van der Waals surface area (Å²) in [5, 5.41) is 14.5. The fourth-order valence-corrected chi connectivity index (χ4v) is 2.82. The molecule has 3 rings (SSSR count). The Bertz CT molecular complexity index is 1030. The molecule has 29 heavy (non-hydrogen) atoms. The maximum absolute atomic E-state index is 12.5. The molecule has 3 amide bonds. The third-order valence-electron chi connectivity index (χ3n) is 4.26. The van der Waals surface area contributed by atoms with Crippen molar-refractivity contribution in [2.45, 2.75) is 6.92 Å². The summed E-state index contributed by atoms with van der Waals surface area (Å²) in [5.41, 5.74) is 1.82. The van der Waals surface area contributed by atoms with Gasteiger partial charge < -0.3 is 15.7 Å². The number of carbonyl (C=O) groups excluding carboxylic acids is 4. The van der Waals surface area contributed by atoms with Crippen molar-refractivity contribution in [1.29, 1.82) is 0 Å². The van der Waals surface area contributed by atoms with Crippen LogP contribution < -0.4 is 10.6 Å². The summed E-state index contributed by atoms with van der Waals surface area (Å²) in [7, 11) is 0. The molecule has 0 aromatic heterocycles. The van der Waals surface area contributed by atoms with E-state index in [-0.39, 0.29) is 30.5 Å². The van der Waals surface area contributed by atoms with Crippen molar-refractivity contribution >= 4 is 34.9 Å². The summed E-state index contributed by atoms with van der Waals surface area (Å²) in [6, 6.07) is 13.0. The number of benzene rings is 2. The summed E-state index contributed by atoms with van der Waals surface area (Å²) in [6.45, 7) is 1.04. The number of hydrogen-bond acceptors (Lipinski definition) is 6. The Hall–Kier alpha value is -3.78. The van der Waals surface area contributed by atoms with Crippen LogP contribution in [0.4, 0.5) is 11.4 Å². The summed E-state index contributed by atoms with van der Waals surface area (Å²) in [4.78, 5) is 49.0. The van der Waals surface area contributed by atoms with Gasteiger partial charge in [-0.1, -0.05) is 18.2 Å². The second kappa shape index (κ2) is 8.49. The van der Waals surface area contributed by atoms with Crippen LogP contribution >= 0.6 is 0 Å². The minimum absolute atomic E-state index is 0.0650. The van der Waals surface area contributed by atoms with Crippen molar-refractivity contribution in [2.24, 2.45) is 0 Å². The van der Waals surface area contributed by atoms with Crippen molar-refractivity contribution in [3.63, 3.8) is 0 Å². The molecular weight excluding hydrogens is 374 g/mol. The summed E-state index contributed by atoms with van der Waals surface area (Å²) in [6.07, 6.45) is 1.15. The van der Waals surface area contributed by atoms with Crippen LogP contribution in [0.3, 0.4) is 0 Å². The van der Waals surface area contributed by atoms with Gasteiger partial charge in [-0.3, -0.25) is 24.1 Å². The summed E-state index contributed by atoms with van der Waals surface area (Å²) in [5.74, 6) is -1.54. The van der Waals surface area contributed by atoms with E-state index in [1.54, 1.807) is 42.5 Å². The van der Waals surface area contributed by atoms with Gasteiger partial charge in [-0.05, 0) is 37.3 Å². The molecule has 1 aliphatic rings. The second-order valence-electron chi connectivity index (χ2n) is 6.37. The van der Waals surface area contributed by atoms with Crippen molar-refractivity contribution in [3.8, 4) is 0 Å². The average molecular weight is 393 g/mol. The van der Waals surface area contributed by atoms with Crippen LogP contribution in [0.25, 0.3) is 0 Å². The lowest BCUT2D eigenvalue weighted by atomic mass is 10.1. The minimum Gasteiger partial charge on any atom is -0.395 e. The standard InChI is InChI=1S/C21H19N3O5/c1-13(26)14-4-2-7-17(10-14)23-20(28)15-5-3-6-16(11-15)22-18-12-19(27)24(8-9-25)21(18)29/h2-7,10-12,22,25H,8-9H2,1H3,(H,23,28). The Morgan fingerprint density at radius 3 is 2.34 bits per heavy atom. The smallest absolute Gasteiger partial charge is 0.277 e. The number of amides is 3. The van der Waals surface area contributed by atoms with E-state index in [0.29, 0.717) is 22.5 Å². The van der Waals surface area contributed by atoms with Gasteiger partial charge in [0.25, 0.3) is 17.7 Å². The first kappa shape index (κ1) is 20.0. The van der Waals surface area contributed by atoms with E-state index in [9.17, 15) is 19.2 Å². The molecule has 0 saturated carbocycles. The number of nitrogens with zero attached hydrogens (tertiary/aromatic N) is 1. The lowest BCUT2D eigenvalue weighted by Gasteiger charge is -2.13. The van der Waals surface area contributed by atoms with Crippen molar-refractivity contribution in [2.75, 3.05) is 23.8 Å². The lowest BCUT2D eigenvalue weighted by Crippen LogP contribution is -2.34. The topological polar surface area (TPSA) is 116 Å². The normalized spacial score (nSPS) is 13.3. The van der Waals surface area contributed by atoms with Gasteiger partial charge in [-0.25, -0.2) is 0 Å². The predicted molar refractivity (Wildman–Crippen MR) is 106 cm³/mol. The van der Waals surface area contributed by atoms with Crippen molar-refractivity contribution in [3.05, 3.63) is 71.4 Å². The second-order valence-corrected chi connectivity index (χ2v) is 6.37. The fraction of sp³-hybridized carbons (Fsp3) is 0.143. The van der Waals surface area contributed by atoms with Gasteiger partial charge in [0.2, 0.25) is 0 Å². The van der Waals surface area contributed by atoms with E-state index in [1.165, 1.54) is 13.0 Å². The molecule has 1 aliphatic heterocycles. The van der Waals surface area contributed by atoms with Crippen LogP contribution in [-0.4, -0.2) is 46.7 Å². The Morgan fingerprint density at radius 1 is 1.00 bits per heavy atom. The zero-order valence-electron chi connectivity index (χ0n) is 15.6. The zero-order chi connectivity index (χ0) is 21.0. The molecule has 1 heterocycles. The quantitative estimate of drug-likeness (QED) is 0.488. The molecule has 0 spiro atoms. The van der Waals surface area contributed by atoms with Crippen molar-refractivity contribution in [1.82, 2.24) is 4.90 Å². The minimum atomic E-state index is -0.542. The van der Waals surface area contributed by atoms with Gasteiger partial charge in [0.15, 0.2) is 5.78 Å². The van der Waals surface area contributed by atoms with Crippen LogP contribution in [0.15, 0.2) is 60.3 Å². The Balaban J connectivity index is 1.73. The van der Waals surface area contributed by atoms with Crippen LogP contribution in [-0.2, 0) is 9.59 Å². The first-order valence-electron chi connectivity index (χ1n) is 8.87. The van der Waals surface area contributed by atoms with E-state index < -0.39 is 11.8 Å². The number of carbonyl (C=O) groups is 4. The van der Waals surface area contributed by atoms with Crippen molar-refractivity contribution < 1.29 is 24.3 Å². The van der Waals surface area contributed by atoms with Crippen LogP contribution in [0, 0.1) is 0 Å². The number of imide groups is 1. The Morgan fingerprint density at radius 2 is 1.66 bits per heavy atom. The van der Waals surface area contributed by atoms with E-state index in [4.69, 9.17) is 5.11 Å². The van der Waals surface area contributed by atoms with Gasteiger partial charge in [0.1, 0.15) is 5.70 Å². The predicted octanol–water partition coefficient (Wildman–Crippen LogP) is 1.80. The molecule has 8 heteroatoms. The third kappa shape index (κ3) is 4.56.